The maximum absolute atomic E-state index is 2.34. The Kier molecular flexibility index (Phi) is 8.10. The molecule has 0 saturated heterocycles. The lowest BCUT2D eigenvalue weighted by Gasteiger charge is -2.19. The van der Waals surface area contributed by atoms with E-state index < -0.39 is 0 Å². The molecule has 1 atom stereocenters. The van der Waals surface area contributed by atoms with Crippen molar-refractivity contribution < 1.29 is 0 Å². The van der Waals surface area contributed by atoms with Gasteiger partial charge in [-0.1, -0.05) is 85.9 Å². The molecule has 24 heavy (non-hydrogen) atoms. The molecule has 0 aromatic heterocycles. The Labute approximate surface area is 148 Å². The normalized spacial score (nSPS) is 20.2. The highest BCUT2D eigenvalue weighted by Crippen LogP contribution is 2.31. The Bertz CT molecular complexity index is 627. The van der Waals surface area contributed by atoms with Crippen LogP contribution in [0.1, 0.15) is 46.0 Å². The zero-order valence-electron chi connectivity index (χ0n) is 15.1. The molecular weight excluding hydrogens is 288 g/mol. The molecule has 0 heteroatoms. The molecule has 0 radical (unpaired) electrons. The summed E-state index contributed by atoms with van der Waals surface area (Å²) in [6, 6.07) is 0. The van der Waals surface area contributed by atoms with Gasteiger partial charge in [0.05, 0.1) is 0 Å². The molecule has 0 spiro atoms. The van der Waals surface area contributed by atoms with Crippen molar-refractivity contribution in [1.29, 1.82) is 0 Å². The minimum atomic E-state index is 0.358. The summed E-state index contributed by atoms with van der Waals surface area (Å²) < 4.78 is 0. The minimum Gasteiger partial charge on any atom is -0.0908 e. The molecule has 1 unspecified atom stereocenters. The van der Waals surface area contributed by atoms with E-state index in [1.54, 1.807) is 0 Å². The van der Waals surface area contributed by atoms with Gasteiger partial charge in [0, 0.05) is 5.92 Å². The van der Waals surface area contributed by atoms with Crippen LogP contribution in [0.4, 0.5) is 0 Å². The van der Waals surface area contributed by atoms with Gasteiger partial charge in [-0.25, -0.2) is 0 Å². The van der Waals surface area contributed by atoms with Crippen molar-refractivity contribution in [2.45, 2.75) is 46.0 Å². The quantitative estimate of drug-likeness (QED) is 0.344. The smallest absolute Gasteiger partial charge is 0.0133 e. The summed E-state index contributed by atoms with van der Waals surface area (Å²) >= 11 is 0. The lowest BCUT2D eigenvalue weighted by molar-refractivity contribution is 0.931. The molecule has 0 bridgehead atoms. The van der Waals surface area contributed by atoms with Crippen molar-refractivity contribution >= 4 is 0 Å². The summed E-state index contributed by atoms with van der Waals surface area (Å²) in [4.78, 5) is 0. The molecular formula is C24H30. The highest BCUT2D eigenvalue weighted by molar-refractivity contribution is 5.47. The van der Waals surface area contributed by atoms with E-state index in [1.165, 1.54) is 29.6 Å². The van der Waals surface area contributed by atoms with Crippen LogP contribution in [0.25, 0.3) is 0 Å². The van der Waals surface area contributed by atoms with Gasteiger partial charge in [-0.15, -0.1) is 0 Å². The van der Waals surface area contributed by atoms with Crippen LogP contribution in [-0.4, -0.2) is 0 Å². The van der Waals surface area contributed by atoms with Crippen LogP contribution < -0.4 is 0 Å². The van der Waals surface area contributed by atoms with Crippen molar-refractivity contribution in [1.82, 2.24) is 0 Å². The fourth-order valence-electron chi connectivity index (χ4n) is 3.07. The monoisotopic (exact) mass is 318 g/mol. The van der Waals surface area contributed by atoms with Crippen molar-refractivity contribution in [3.05, 3.63) is 95.7 Å². The maximum Gasteiger partial charge on any atom is 0.0133 e. The largest absolute Gasteiger partial charge is 0.0908 e. The number of allylic oxidation sites excluding steroid dienone is 16. The average molecular weight is 319 g/mol. The summed E-state index contributed by atoms with van der Waals surface area (Å²) in [7, 11) is 0. The lowest BCUT2D eigenvalue weighted by atomic mass is 9.87. The molecule has 2 aliphatic carbocycles. The highest BCUT2D eigenvalue weighted by Gasteiger charge is 2.12. The molecule has 0 aromatic rings. The van der Waals surface area contributed by atoms with Gasteiger partial charge >= 0.3 is 0 Å². The van der Waals surface area contributed by atoms with Crippen LogP contribution in [-0.2, 0) is 0 Å². The van der Waals surface area contributed by atoms with Gasteiger partial charge in [0.1, 0.15) is 0 Å². The minimum absolute atomic E-state index is 0.358. The Morgan fingerprint density at radius 3 is 2.67 bits per heavy atom. The Morgan fingerprint density at radius 1 is 1.04 bits per heavy atom. The second kappa shape index (κ2) is 10.6. The predicted octanol–water partition coefficient (Wildman–Crippen LogP) is 7.18. The summed E-state index contributed by atoms with van der Waals surface area (Å²) in [6.45, 7) is 4.25. The SMILES string of the molecule is CC=CC(C=CC=CCC)C=CC1=C(C2=CC=CCC2)CC=CC1. The van der Waals surface area contributed by atoms with Gasteiger partial charge in [0.15, 0.2) is 0 Å². The predicted molar refractivity (Wildman–Crippen MR) is 108 cm³/mol. The van der Waals surface area contributed by atoms with Gasteiger partial charge < -0.3 is 0 Å². The molecule has 0 saturated carbocycles. The van der Waals surface area contributed by atoms with Crippen LogP contribution in [0.3, 0.4) is 0 Å². The van der Waals surface area contributed by atoms with Crippen molar-refractivity contribution in [2.75, 3.05) is 0 Å². The first-order valence-corrected chi connectivity index (χ1v) is 9.22. The second-order valence-electron chi connectivity index (χ2n) is 6.23. The van der Waals surface area contributed by atoms with Gasteiger partial charge in [-0.3, -0.25) is 0 Å². The van der Waals surface area contributed by atoms with Gasteiger partial charge in [0.2, 0.25) is 0 Å². The second-order valence-corrected chi connectivity index (χ2v) is 6.23. The number of hydrogen-bond acceptors (Lipinski definition) is 0. The third-order valence-corrected chi connectivity index (χ3v) is 4.37. The average Bonchev–Trinajstić information content (AvgIpc) is 2.64. The number of hydrogen-bond donors (Lipinski definition) is 0. The van der Waals surface area contributed by atoms with E-state index in [0.29, 0.717) is 5.92 Å². The zero-order valence-corrected chi connectivity index (χ0v) is 15.1. The third kappa shape index (κ3) is 5.85. The first kappa shape index (κ1) is 18.3. The van der Waals surface area contributed by atoms with Gasteiger partial charge in [0.25, 0.3) is 0 Å². The van der Waals surface area contributed by atoms with Crippen LogP contribution in [0.2, 0.25) is 0 Å². The Hall–Kier alpha value is -2.08. The van der Waals surface area contributed by atoms with Crippen LogP contribution in [0.15, 0.2) is 95.7 Å². The fourth-order valence-corrected chi connectivity index (χ4v) is 3.07. The molecule has 2 aliphatic rings. The van der Waals surface area contributed by atoms with Gasteiger partial charge in [-0.05, 0) is 55.7 Å². The molecule has 2 rings (SSSR count). The van der Waals surface area contributed by atoms with Crippen molar-refractivity contribution in [2.24, 2.45) is 5.92 Å². The van der Waals surface area contributed by atoms with Crippen molar-refractivity contribution in [3.8, 4) is 0 Å². The topological polar surface area (TPSA) is 0 Å². The molecule has 0 aromatic carbocycles. The summed E-state index contributed by atoms with van der Waals surface area (Å²) in [5.41, 5.74) is 4.53. The van der Waals surface area contributed by atoms with E-state index in [4.69, 9.17) is 0 Å². The lowest BCUT2D eigenvalue weighted by Crippen LogP contribution is -2.00. The van der Waals surface area contributed by atoms with E-state index >= 15 is 0 Å². The van der Waals surface area contributed by atoms with E-state index in [2.05, 4.69) is 92.8 Å². The van der Waals surface area contributed by atoms with Gasteiger partial charge in [-0.2, -0.15) is 0 Å². The first-order chi connectivity index (χ1) is 11.8. The van der Waals surface area contributed by atoms with E-state index in [0.717, 1.165) is 19.3 Å². The fraction of sp³-hybridized carbons (Fsp3) is 0.333. The molecule has 0 amide bonds. The maximum atomic E-state index is 2.34. The molecule has 0 aliphatic heterocycles. The highest BCUT2D eigenvalue weighted by atomic mass is 14.2. The standard InChI is InChI=1S/C24H30/c1-3-5-6-8-14-21(13-4-2)19-20-23-17-11-12-18-24(23)22-15-9-7-10-16-22/h4-9,11-15,19-21H,3,10,16-18H2,1-2H3. The molecule has 0 N–H and O–H groups in total. The zero-order chi connectivity index (χ0) is 17.0. The Balaban J connectivity index is 2.16. The molecule has 126 valence electrons. The van der Waals surface area contributed by atoms with Crippen LogP contribution in [0, 0.1) is 5.92 Å². The Morgan fingerprint density at radius 2 is 1.92 bits per heavy atom. The summed E-state index contributed by atoms with van der Waals surface area (Å²) in [5, 5.41) is 0. The van der Waals surface area contributed by atoms with Crippen LogP contribution >= 0.6 is 0 Å². The van der Waals surface area contributed by atoms with E-state index in [1.807, 2.05) is 0 Å². The first-order valence-electron chi connectivity index (χ1n) is 9.22. The van der Waals surface area contributed by atoms with E-state index in [9.17, 15) is 0 Å². The summed E-state index contributed by atoms with van der Waals surface area (Å²) in [6.07, 6.45) is 34.7. The van der Waals surface area contributed by atoms with Crippen molar-refractivity contribution in [3.63, 3.8) is 0 Å². The van der Waals surface area contributed by atoms with E-state index in [-0.39, 0.29) is 0 Å². The molecule has 0 heterocycles. The third-order valence-electron chi connectivity index (χ3n) is 4.37. The number of rotatable bonds is 7. The molecule has 0 nitrogen and oxygen atoms in total. The van der Waals surface area contributed by atoms with Crippen LogP contribution in [0.5, 0.6) is 0 Å². The molecule has 0 fully saturated rings. The summed E-state index contributed by atoms with van der Waals surface area (Å²) in [5.74, 6) is 0.358.